The number of allylic oxidation sites excluding steroid dienone is 4. The minimum atomic E-state index is -0.512. The molecular weight excluding hydrogens is 312 g/mol. The maximum Gasteiger partial charge on any atom is 0.146 e. The lowest BCUT2D eigenvalue weighted by Crippen LogP contribution is -2.52. The first-order valence-electron chi connectivity index (χ1n) is 9.65. The Kier molecular flexibility index (Phi) is 7.48. The Morgan fingerprint density at radius 3 is 2.60 bits per heavy atom. The molecule has 142 valence electrons. The third-order valence-corrected chi connectivity index (χ3v) is 6.02. The predicted molar refractivity (Wildman–Crippen MR) is 103 cm³/mol. The Morgan fingerprint density at radius 1 is 1.20 bits per heavy atom. The summed E-state index contributed by atoms with van der Waals surface area (Å²) in [6.07, 6.45) is 11.1. The fourth-order valence-corrected chi connectivity index (χ4v) is 4.44. The summed E-state index contributed by atoms with van der Waals surface area (Å²) in [5.74, 6) is 0.110. The van der Waals surface area contributed by atoms with E-state index in [9.17, 15) is 5.11 Å². The lowest BCUT2D eigenvalue weighted by atomic mass is 9.63. The van der Waals surface area contributed by atoms with Gasteiger partial charge in [0.15, 0.2) is 0 Å². The summed E-state index contributed by atoms with van der Waals surface area (Å²) >= 11 is 0. The van der Waals surface area contributed by atoms with Crippen LogP contribution in [0.4, 0.5) is 0 Å². The van der Waals surface area contributed by atoms with Crippen molar-refractivity contribution in [3.8, 4) is 0 Å². The van der Waals surface area contributed by atoms with Gasteiger partial charge in [-0.05, 0) is 58.8 Å². The van der Waals surface area contributed by atoms with Gasteiger partial charge in [-0.15, -0.1) is 0 Å². The standard InChI is InChI=1S/C22H36O3/c1-16-8-6-9-17(2)11-12-19-18(3)14-22(4,13-7-10-16)21(20(19)23)25-15-24-5/h9-10,19-21,23H,3,6-8,11-15H2,1-2,4-5H3/b16-10+,17-9+/t19-,20-,21-,22-/m0/s1. The number of ether oxygens (including phenoxy) is 2. The molecule has 0 aliphatic heterocycles. The fraction of sp³-hybridized carbons (Fsp3) is 0.727. The van der Waals surface area contributed by atoms with Crippen LogP contribution in [0.3, 0.4) is 0 Å². The van der Waals surface area contributed by atoms with Gasteiger partial charge in [0.1, 0.15) is 6.79 Å². The Morgan fingerprint density at radius 2 is 1.88 bits per heavy atom. The van der Waals surface area contributed by atoms with E-state index in [0.29, 0.717) is 0 Å². The minimum Gasteiger partial charge on any atom is -0.390 e. The highest BCUT2D eigenvalue weighted by Crippen LogP contribution is 2.47. The van der Waals surface area contributed by atoms with Crippen LogP contribution in [0.5, 0.6) is 0 Å². The molecule has 0 saturated heterocycles. The van der Waals surface area contributed by atoms with Gasteiger partial charge in [0, 0.05) is 18.4 Å². The van der Waals surface area contributed by atoms with Crippen LogP contribution in [0.1, 0.15) is 65.7 Å². The number of aliphatic hydroxyl groups is 1. The summed E-state index contributed by atoms with van der Waals surface area (Å²) in [7, 11) is 1.63. The molecule has 2 bridgehead atoms. The van der Waals surface area contributed by atoms with Crippen molar-refractivity contribution in [2.24, 2.45) is 11.3 Å². The second-order valence-electron chi connectivity index (χ2n) is 8.30. The first-order valence-corrected chi connectivity index (χ1v) is 9.65. The van der Waals surface area contributed by atoms with Crippen LogP contribution < -0.4 is 0 Å². The number of hydrogen-bond donors (Lipinski definition) is 1. The molecule has 25 heavy (non-hydrogen) atoms. The normalized spacial score (nSPS) is 39.2. The number of rotatable bonds is 3. The molecule has 0 unspecified atom stereocenters. The van der Waals surface area contributed by atoms with Gasteiger partial charge in [-0.25, -0.2) is 0 Å². The highest BCUT2D eigenvalue weighted by molar-refractivity contribution is 5.17. The Balaban J connectivity index is 2.29. The molecule has 3 rings (SSSR count). The molecule has 0 aromatic heterocycles. The fourth-order valence-electron chi connectivity index (χ4n) is 4.44. The molecule has 3 aliphatic rings. The number of methoxy groups -OCH3 is 1. The zero-order chi connectivity index (χ0) is 18.4. The van der Waals surface area contributed by atoms with Crippen molar-refractivity contribution in [3.63, 3.8) is 0 Å². The minimum absolute atomic E-state index is 0.0999. The number of hydrogen-bond acceptors (Lipinski definition) is 3. The Hall–Kier alpha value is -0.900. The van der Waals surface area contributed by atoms with Crippen molar-refractivity contribution in [2.75, 3.05) is 13.9 Å². The summed E-state index contributed by atoms with van der Waals surface area (Å²) in [5, 5.41) is 11.1. The first kappa shape index (κ1) is 20.4. The highest BCUT2D eigenvalue weighted by Gasteiger charge is 2.47. The number of aliphatic hydroxyl groups excluding tert-OH is 1. The molecule has 3 nitrogen and oxygen atoms in total. The maximum atomic E-state index is 11.1. The molecule has 0 spiro atoms. The van der Waals surface area contributed by atoms with Crippen molar-refractivity contribution in [2.45, 2.75) is 77.9 Å². The van der Waals surface area contributed by atoms with Crippen molar-refractivity contribution < 1.29 is 14.6 Å². The molecular formula is C22H36O3. The number of fused-ring (bicyclic) bond motifs is 9. The van der Waals surface area contributed by atoms with Gasteiger partial charge >= 0.3 is 0 Å². The molecule has 3 heteroatoms. The molecule has 1 saturated carbocycles. The Labute approximate surface area is 153 Å². The van der Waals surface area contributed by atoms with Crippen molar-refractivity contribution >= 4 is 0 Å². The molecule has 0 amide bonds. The molecule has 4 atom stereocenters. The predicted octanol–water partition coefficient (Wildman–Crippen LogP) is 5.17. The molecule has 1 N–H and O–H groups in total. The second kappa shape index (κ2) is 9.16. The molecule has 0 heterocycles. The molecule has 0 aromatic rings. The molecule has 3 aliphatic carbocycles. The quantitative estimate of drug-likeness (QED) is 0.565. The smallest absolute Gasteiger partial charge is 0.146 e. The molecule has 0 radical (unpaired) electrons. The van der Waals surface area contributed by atoms with Crippen LogP contribution in [0.25, 0.3) is 0 Å². The average Bonchev–Trinajstić information content (AvgIpc) is 2.53. The van der Waals surface area contributed by atoms with E-state index in [4.69, 9.17) is 9.47 Å². The van der Waals surface area contributed by atoms with Crippen molar-refractivity contribution in [3.05, 3.63) is 35.5 Å². The van der Waals surface area contributed by atoms with Gasteiger partial charge in [-0.3, -0.25) is 0 Å². The topological polar surface area (TPSA) is 38.7 Å². The SMILES string of the molecule is C=C1C[C@]2(C)CC/C=C(\C)CC/C=C(\C)CC[C@@H]1[C@H](O)[C@@H]2OCOC. The summed E-state index contributed by atoms with van der Waals surface area (Å²) < 4.78 is 11.1. The molecule has 0 aromatic carbocycles. The Bertz CT molecular complexity index is 519. The van der Waals surface area contributed by atoms with E-state index in [2.05, 4.69) is 39.5 Å². The highest BCUT2D eigenvalue weighted by atomic mass is 16.7. The van der Waals surface area contributed by atoms with Crippen molar-refractivity contribution in [1.82, 2.24) is 0 Å². The van der Waals surface area contributed by atoms with Gasteiger partial charge in [0.25, 0.3) is 0 Å². The van der Waals surface area contributed by atoms with Gasteiger partial charge < -0.3 is 14.6 Å². The van der Waals surface area contributed by atoms with Crippen LogP contribution in [0.2, 0.25) is 0 Å². The van der Waals surface area contributed by atoms with E-state index in [-0.39, 0.29) is 24.2 Å². The third-order valence-electron chi connectivity index (χ3n) is 6.02. The van der Waals surface area contributed by atoms with E-state index in [1.165, 1.54) is 16.7 Å². The lowest BCUT2D eigenvalue weighted by Gasteiger charge is -2.48. The van der Waals surface area contributed by atoms with Gasteiger partial charge in [0.2, 0.25) is 0 Å². The summed E-state index contributed by atoms with van der Waals surface area (Å²) in [4.78, 5) is 0. The second-order valence-corrected chi connectivity index (χ2v) is 8.30. The summed E-state index contributed by atoms with van der Waals surface area (Å²) in [6, 6.07) is 0. The van der Waals surface area contributed by atoms with Gasteiger partial charge in [-0.2, -0.15) is 0 Å². The maximum absolute atomic E-state index is 11.1. The lowest BCUT2D eigenvalue weighted by molar-refractivity contribution is -0.178. The first-order chi connectivity index (χ1) is 11.9. The van der Waals surface area contributed by atoms with E-state index >= 15 is 0 Å². The zero-order valence-electron chi connectivity index (χ0n) is 16.5. The van der Waals surface area contributed by atoms with E-state index in [1.807, 2.05) is 0 Å². The largest absolute Gasteiger partial charge is 0.390 e. The van der Waals surface area contributed by atoms with Gasteiger partial charge in [0.05, 0.1) is 12.2 Å². The summed E-state index contributed by atoms with van der Waals surface area (Å²) in [5.41, 5.74) is 3.94. The van der Waals surface area contributed by atoms with Crippen LogP contribution in [0, 0.1) is 11.3 Å². The zero-order valence-corrected chi connectivity index (χ0v) is 16.5. The van der Waals surface area contributed by atoms with Crippen LogP contribution >= 0.6 is 0 Å². The average molecular weight is 349 g/mol. The van der Waals surface area contributed by atoms with Crippen LogP contribution in [0.15, 0.2) is 35.5 Å². The molecule has 1 fully saturated rings. The van der Waals surface area contributed by atoms with E-state index < -0.39 is 6.10 Å². The van der Waals surface area contributed by atoms with Crippen molar-refractivity contribution in [1.29, 1.82) is 0 Å². The van der Waals surface area contributed by atoms with Gasteiger partial charge in [-0.1, -0.05) is 42.4 Å². The monoisotopic (exact) mass is 348 g/mol. The van der Waals surface area contributed by atoms with E-state index in [1.54, 1.807) is 7.11 Å². The third kappa shape index (κ3) is 5.29. The summed E-state index contributed by atoms with van der Waals surface area (Å²) in [6.45, 7) is 11.2. The van der Waals surface area contributed by atoms with Crippen LogP contribution in [-0.4, -0.2) is 31.2 Å². The van der Waals surface area contributed by atoms with Crippen LogP contribution in [-0.2, 0) is 9.47 Å². The van der Waals surface area contributed by atoms with E-state index in [0.717, 1.165) is 44.9 Å².